The van der Waals surface area contributed by atoms with Gasteiger partial charge in [0, 0.05) is 45.5 Å². The van der Waals surface area contributed by atoms with Crippen molar-refractivity contribution in [3.05, 3.63) is 58.9 Å². The zero-order valence-electron chi connectivity index (χ0n) is 15.0. The highest BCUT2D eigenvalue weighted by atomic mass is 16.3. The lowest BCUT2D eigenvalue weighted by Gasteiger charge is -2.29. The standard InChI is InChI=1S/C20H27N3O2/c1-22(2)20(25)18-10-9-16(21-18)14-23(12-5-13-24)19-11-8-15-6-3-4-7-17(15)19/h3-4,6-7,9-10,19,21,24H,5,8,11-14H2,1-2H3. The van der Waals surface area contributed by atoms with Crippen LogP contribution in [0.25, 0.3) is 0 Å². The summed E-state index contributed by atoms with van der Waals surface area (Å²) in [5.41, 5.74) is 4.48. The van der Waals surface area contributed by atoms with Crippen LogP contribution in [0.1, 0.15) is 46.2 Å². The number of fused-ring (bicyclic) bond motifs is 1. The highest BCUT2D eigenvalue weighted by Crippen LogP contribution is 2.36. The number of aliphatic hydroxyl groups excluding tert-OH is 1. The first-order valence-corrected chi connectivity index (χ1v) is 8.92. The number of aliphatic hydroxyl groups is 1. The summed E-state index contributed by atoms with van der Waals surface area (Å²) in [4.78, 5) is 19.3. The van der Waals surface area contributed by atoms with Gasteiger partial charge in [0.05, 0.1) is 0 Å². The predicted octanol–water partition coefficient (Wildman–Crippen LogP) is 2.59. The Morgan fingerprint density at radius 2 is 2.04 bits per heavy atom. The highest BCUT2D eigenvalue weighted by Gasteiger charge is 2.27. The van der Waals surface area contributed by atoms with Crippen LogP contribution in [0.5, 0.6) is 0 Å². The fourth-order valence-corrected chi connectivity index (χ4v) is 3.65. The van der Waals surface area contributed by atoms with Gasteiger partial charge in [0.15, 0.2) is 0 Å². The van der Waals surface area contributed by atoms with Crippen LogP contribution in [0.15, 0.2) is 36.4 Å². The van der Waals surface area contributed by atoms with Gasteiger partial charge in [0.1, 0.15) is 5.69 Å². The number of rotatable bonds is 7. The van der Waals surface area contributed by atoms with Gasteiger partial charge in [-0.25, -0.2) is 0 Å². The number of carbonyl (C=O) groups excluding carboxylic acids is 1. The number of nitrogens with one attached hydrogen (secondary N) is 1. The first kappa shape index (κ1) is 17.7. The summed E-state index contributed by atoms with van der Waals surface area (Å²) in [6, 6.07) is 12.8. The maximum atomic E-state index is 12.1. The molecule has 5 heteroatoms. The van der Waals surface area contributed by atoms with E-state index in [9.17, 15) is 9.90 Å². The minimum Gasteiger partial charge on any atom is -0.396 e. The Morgan fingerprint density at radius 3 is 2.80 bits per heavy atom. The van der Waals surface area contributed by atoms with Crippen molar-refractivity contribution in [1.82, 2.24) is 14.8 Å². The van der Waals surface area contributed by atoms with E-state index in [-0.39, 0.29) is 12.5 Å². The molecule has 1 aromatic heterocycles. The highest BCUT2D eigenvalue weighted by molar-refractivity contribution is 5.92. The normalized spacial score (nSPS) is 16.2. The van der Waals surface area contributed by atoms with Crippen molar-refractivity contribution in [2.24, 2.45) is 0 Å². The van der Waals surface area contributed by atoms with Crippen LogP contribution < -0.4 is 0 Å². The second-order valence-electron chi connectivity index (χ2n) is 6.90. The Morgan fingerprint density at radius 1 is 1.24 bits per heavy atom. The number of amides is 1. The lowest BCUT2D eigenvalue weighted by Crippen LogP contribution is -2.29. The summed E-state index contributed by atoms with van der Waals surface area (Å²) in [6.07, 6.45) is 2.96. The average Bonchev–Trinajstić information content (AvgIpc) is 3.24. The van der Waals surface area contributed by atoms with E-state index in [4.69, 9.17) is 0 Å². The third kappa shape index (κ3) is 3.94. The molecule has 1 amide bonds. The van der Waals surface area contributed by atoms with Crippen molar-refractivity contribution in [2.75, 3.05) is 27.2 Å². The Hall–Kier alpha value is -2.11. The summed E-state index contributed by atoms with van der Waals surface area (Å²) in [6.45, 7) is 1.78. The Kier molecular flexibility index (Phi) is 5.56. The van der Waals surface area contributed by atoms with E-state index >= 15 is 0 Å². The third-order valence-corrected chi connectivity index (χ3v) is 4.90. The molecule has 1 aliphatic carbocycles. The van der Waals surface area contributed by atoms with Gasteiger partial charge >= 0.3 is 0 Å². The number of hydrogen-bond acceptors (Lipinski definition) is 3. The van der Waals surface area contributed by atoms with Crippen molar-refractivity contribution in [3.8, 4) is 0 Å². The largest absolute Gasteiger partial charge is 0.396 e. The lowest BCUT2D eigenvalue weighted by atomic mass is 10.1. The van der Waals surface area contributed by atoms with Crippen molar-refractivity contribution in [2.45, 2.75) is 31.8 Å². The van der Waals surface area contributed by atoms with Crippen molar-refractivity contribution in [3.63, 3.8) is 0 Å². The van der Waals surface area contributed by atoms with Crippen LogP contribution in [0.3, 0.4) is 0 Å². The van der Waals surface area contributed by atoms with Gasteiger partial charge in [-0.3, -0.25) is 9.69 Å². The minimum atomic E-state index is -0.0145. The van der Waals surface area contributed by atoms with Crippen LogP contribution in [-0.4, -0.2) is 53.0 Å². The maximum absolute atomic E-state index is 12.1. The number of hydrogen-bond donors (Lipinski definition) is 2. The summed E-state index contributed by atoms with van der Waals surface area (Å²) < 4.78 is 0. The monoisotopic (exact) mass is 341 g/mol. The Balaban J connectivity index is 1.77. The van der Waals surface area contributed by atoms with E-state index < -0.39 is 0 Å². The molecule has 2 N–H and O–H groups in total. The molecule has 0 saturated heterocycles. The van der Waals surface area contributed by atoms with E-state index in [2.05, 4.69) is 34.1 Å². The first-order valence-electron chi connectivity index (χ1n) is 8.92. The maximum Gasteiger partial charge on any atom is 0.269 e. The number of aromatic amines is 1. The number of aryl methyl sites for hydroxylation is 1. The topological polar surface area (TPSA) is 59.6 Å². The van der Waals surface area contributed by atoms with Crippen molar-refractivity contribution in [1.29, 1.82) is 0 Å². The first-order chi connectivity index (χ1) is 12.1. The smallest absolute Gasteiger partial charge is 0.269 e. The second-order valence-corrected chi connectivity index (χ2v) is 6.90. The summed E-state index contributed by atoms with van der Waals surface area (Å²) in [5.74, 6) is -0.0145. The molecule has 3 rings (SSSR count). The molecule has 2 aromatic rings. The summed E-state index contributed by atoms with van der Waals surface area (Å²) >= 11 is 0. The number of carbonyl (C=O) groups is 1. The van der Waals surface area contributed by atoms with E-state index in [0.29, 0.717) is 11.7 Å². The van der Waals surface area contributed by atoms with Crippen molar-refractivity contribution >= 4 is 5.91 Å². The fraction of sp³-hybridized carbons (Fsp3) is 0.450. The average molecular weight is 341 g/mol. The summed E-state index contributed by atoms with van der Waals surface area (Å²) in [5, 5.41) is 9.27. The van der Waals surface area contributed by atoms with Crippen LogP contribution >= 0.6 is 0 Å². The molecule has 0 saturated carbocycles. The van der Waals surface area contributed by atoms with E-state index in [1.165, 1.54) is 11.1 Å². The number of nitrogens with zero attached hydrogens (tertiary/aromatic N) is 2. The van der Waals surface area contributed by atoms with Crippen LogP contribution in [0.4, 0.5) is 0 Å². The van der Waals surface area contributed by atoms with Gasteiger partial charge in [-0.2, -0.15) is 0 Å². The molecule has 0 spiro atoms. The molecular weight excluding hydrogens is 314 g/mol. The fourth-order valence-electron chi connectivity index (χ4n) is 3.65. The van der Waals surface area contributed by atoms with Gasteiger partial charge in [0.2, 0.25) is 0 Å². The lowest BCUT2D eigenvalue weighted by molar-refractivity contribution is 0.0822. The van der Waals surface area contributed by atoms with Crippen LogP contribution in [0.2, 0.25) is 0 Å². The predicted molar refractivity (Wildman–Crippen MR) is 98.4 cm³/mol. The molecule has 1 aliphatic rings. The molecule has 0 aliphatic heterocycles. The zero-order chi connectivity index (χ0) is 17.8. The Labute approximate surface area is 149 Å². The third-order valence-electron chi connectivity index (χ3n) is 4.90. The molecule has 1 atom stereocenters. The molecule has 1 heterocycles. The molecule has 1 unspecified atom stereocenters. The van der Waals surface area contributed by atoms with Gasteiger partial charge in [0.25, 0.3) is 5.91 Å². The van der Waals surface area contributed by atoms with Gasteiger partial charge in [-0.1, -0.05) is 24.3 Å². The molecule has 0 radical (unpaired) electrons. The van der Waals surface area contributed by atoms with Crippen LogP contribution in [0, 0.1) is 0 Å². The van der Waals surface area contributed by atoms with E-state index in [1.54, 1.807) is 19.0 Å². The molecule has 134 valence electrons. The number of benzene rings is 1. The van der Waals surface area contributed by atoms with E-state index in [1.807, 2.05) is 12.1 Å². The molecule has 1 aromatic carbocycles. The molecule has 25 heavy (non-hydrogen) atoms. The number of H-pyrrole nitrogens is 1. The molecule has 0 fully saturated rings. The Bertz CT molecular complexity index is 723. The van der Waals surface area contributed by atoms with E-state index in [0.717, 1.165) is 38.0 Å². The minimum absolute atomic E-state index is 0.0145. The van der Waals surface area contributed by atoms with Gasteiger partial charge in [-0.05, 0) is 42.5 Å². The van der Waals surface area contributed by atoms with Crippen LogP contribution in [-0.2, 0) is 13.0 Å². The van der Waals surface area contributed by atoms with Gasteiger partial charge in [-0.15, -0.1) is 0 Å². The van der Waals surface area contributed by atoms with Gasteiger partial charge < -0.3 is 15.0 Å². The van der Waals surface area contributed by atoms with Crippen molar-refractivity contribution < 1.29 is 9.90 Å². The quantitative estimate of drug-likeness (QED) is 0.814. The molecule has 0 bridgehead atoms. The zero-order valence-corrected chi connectivity index (χ0v) is 15.0. The second kappa shape index (κ2) is 7.85. The number of aromatic nitrogens is 1. The molecule has 5 nitrogen and oxygen atoms in total. The SMILES string of the molecule is CN(C)C(=O)c1ccc(CN(CCCO)C2CCc3ccccc32)[nH]1. The summed E-state index contributed by atoms with van der Waals surface area (Å²) in [7, 11) is 3.51. The molecular formula is C20H27N3O2.